The van der Waals surface area contributed by atoms with Gasteiger partial charge in [0.25, 0.3) is 0 Å². The Morgan fingerprint density at radius 2 is 1.76 bits per heavy atom. The summed E-state index contributed by atoms with van der Waals surface area (Å²) in [5.74, 6) is 0. The minimum atomic E-state index is -0.438. The summed E-state index contributed by atoms with van der Waals surface area (Å²) >= 11 is 0. The predicted molar refractivity (Wildman–Crippen MR) is 88.4 cm³/mol. The molecule has 0 fully saturated rings. The Morgan fingerprint density at radius 3 is 2.29 bits per heavy atom. The first-order valence-electron chi connectivity index (χ1n) is 8.01. The molecular formula is C18H31NO2. The van der Waals surface area contributed by atoms with Gasteiger partial charge in [-0.15, -0.1) is 0 Å². The Morgan fingerprint density at radius 1 is 1.14 bits per heavy atom. The lowest BCUT2D eigenvalue weighted by Crippen LogP contribution is -2.40. The smallest absolute Gasteiger partial charge is 0.0900 e. The fraction of sp³-hybridized carbons (Fsp3) is 0.667. The molecule has 1 aromatic carbocycles. The first-order chi connectivity index (χ1) is 9.92. The van der Waals surface area contributed by atoms with Crippen LogP contribution >= 0.6 is 0 Å². The number of aryl methyl sites for hydroxylation is 1. The van der Waals surface area contributed by atoms with Gasteiger partial charge in [0.2, 0.25) is 0 Å². The standard InChI is InChI=1S/C18H31NO2/c1-6-16(5)19(12-18(20)13-21-14(2)3)11-17-9-7-15(4)8-10-17/h7-10,14,16,18,20H,6,11-13H2,1-5H3. The van der Waals surface area contributed by atoms with Crippen LogP contribution in [0.4, 0.5) is 0 Å². The topological polar surface area (TPSA) is 32.7 Å². The summed E-state index contributed by atoms with van der Waals surface area (Å²) in [6.45, 7) is 12.4. The Bertz CT molecular complexity index is 389. The van der Waals surface area contributed by atoms with E-state index in [9.17, 15) is 5.11 Å². The molecule has 0 radical (unpaired) electrons. The van der Waals surface area contributed by atoms with Gasteiger partial charge in [-0.1, -0.05) is 36.8 Å². The molecule has 2 unspecified atom stereocenters. The second-order valence-corrected chi connectivity index (χ2v) is 6.21. The molecule has 0 spiro atoms. The summed E-state index contributed by atoms with van der Waals surface area (Å²) in [6, 6.07) is 9.06. The van der Waals surface area contributed by atoms with Crippen LogP contribution in [0.25, 0.3) is 0 Å². The van der Waals surface area contributed by atoms with Gasteiger partial charge in [-0.3, -0.25) is 4.90 Å². The first kappa shape index (κ1) is 18.1. The highest BCUT2D eigenvalue weighted by Gasteiger charge is 2.17. The quantitative estimate of drug-likeness (QED) is 0.757. The summed E-state index contributed by atoms with van der Waals surface area (Å²) in [5, 5.41) is 10.2. The van der Waals surface area contributed by atoms with E-state index in [1.807, 2.05) is 13.8 Å². The van der Waals surface area contributed by atoms with E-state index in [2.05, 4.69) is 49.9 Å². The summed E-state index contributed by atoms with van der Waals surface area (Å²) in [5.41, 5.74) is 2.57. The molecule has 1 aromatic rings. The van der Waals surface area contributed by atoms with Crippen molar-refractivity contribution < 1.29 is 9.84 Å². The van der Waals surface area contributed by atoms with E-state index in [4.69, 9.17) is 4.74 Å². The van der Waals surface area contributed by atoms with Crippen molar-refractivity contribution in [3.05, 3.63) is 35.4 Å². The van der Waals surface area contributed by atoms with Crippen molar-refractivity contribution in [1.82, 2.24) is 4.90 Å². The molecule has 1 N–H and O–H groups in total. The normalized spacial score (nSPS) is 14.7. The highest BCUT2D eigenvalue weighted by molar-refractivity contribution is 5.21. The fourth-order valence-corrected chi connectivity index (χ4v) is 2.21. The number of hydrogen-bond acceptors (Lipinski definition) is 3. The van der Waals surface area contributed by atoms with Crippen molar-refractivity contribution >= 4 is 0 Å². The van der Waals surface area contributed by atoms with Crippen LogP contribution in [0, 0.1) is 6.92 Å². The Kier molecular flexibility index (Phi) is 7.94. The molecule has 2 atom stereocenters. The summed E-state index contributed by atoms with van der Waals surface area (Å²) in [6.07, 6.45) is 0.796. The zero-order valence-corrected chi connectivity index (χ0v) is 14.2. The Balaban J connectivity index is 2.61. The number of hydrogen-bond donors (Lipinski definition) is 1. The van der Waals surface area contributed by atoms with Gasteiger partial charge in [-0.2, -0.15) is 0 Å². The maximum atomic E-state index is 10.2. The average Bonchev–Trinajstić information content (AvgIpc) is 2.45. The molecule has 0 saturated carbocycles. The number of ether oxygens (including phenoxy) is 1. The second-order valence-electron chi connectivity index (χ2n) is 6.21. The lowest BCUT2D eigenvalue weighted by atomic mass is 10.1. The van der Waals surface area contributed by atoms with Gasteiger partial charge in [0, 0.05) is 19.1 Å². The second kappa shape index (κ2) is 9.19. The Hall–Kier alpha value is -0.900. The number of nitrogens with zero attached hydrogens (tertiary/aromatic N) is 1. The molecule has 0 aliphatic carbocycles. The van der Waals surface area contributed by atoms with Crippen LogP contribution in [-0.2, 0) is 11.3 Å². The van der Waals surface area contributed by atoms with Gasteiger partial charge in [0.05, 0.1) is 18.8 Å². The third-order valence-corrected chi connectivity index (χ3v) is 3.79. The monoisotopic (exact) mass is 293 g/mol. The number of aliphatic hydroxyl groups excluding tert-OH is 1. The molecule has 1 rings (SSSR count). The zero-order valence-electron chi connectivity index (χ0n) is 14.2. The third kappa shape index (κ3) is 7.07. The molecule has 0 saturated heterocycles. The van der Waals surface area contributed by atoms with E-state index in [-0.39, 0.29) is 6.10 Å². The van der Waals surface area contributed by atoms with E-state index in [0.717, 1.165) is 13.0 Å². The predicted octanol–water partition coefficient (Wildman–Crippen LogP) is 3.38. The van der Waals surface area contributed by atoms with Crippen LogP contribution < -0.4 is 0 Å². The van der Waals surface area contributed by atoms with Crippen LogP contribution in [0.2, 0.25) is 0 Å². The van der Waals surface area contributed by atoms with Crippen LogP contribution in [0.5, 0.6) is 0 Å². The van der Waals surface area contributed by atoms with Gasteiger partial charge in [0.1, 0.15) is 0 Å². The van der Waals surface area contributed by atoms with Crippen LogP contribution in [0.3, 0.4) is 0 Å². The minimum absolute atomic E-state index is 0.161. The van der Waals surface area contributed by atoms with Gasteiger partial charge < -0.3 is 9.84 Å². The molecule has 0 aliphatic rings. The highest BCUT2D eigenvalue weighted by atomic mass is 16.5. The third-order valence-electron chi connectivity index (χ3n) is 3.79. The van der Waals surface area contributed by atoms with Crippen LogP contribution in [-0.4, -0.2) is 41.4 Å². The molecule has 21 heavy (non-hydrogen) atoms. The Labute approximate surface area is 129 Å². The number of aliphatic hydroxyl groups is 1. The molecule has 0 amide bonds. The molecule has 3 nitrogen and oxygen atoms in total. The molecule has 0 aliphatic heterocycles. The van der Waals surface area contributed by atoms with Gasteiger partial charge >= 0.3 is 0 Å². The first-order valence-corrected chi connectivity index (χ1v) is 8.01. The number of benzene rings is 1. The highest BCUT2D eigenvalue weighted by Crippen LogP contribution is 2.12. The number of rotatable bonds is 9. The van der Waals surface area contributed by atoms with E-state index >= 15 is 0 Å². The van der Waals surface area contributed by atoms with Crippen molar-refractivity contribution in [2.75, 3.05) is 13.2 Å². The lowest BCUT2D eigenvalue weighted by Gasteiger charge is -2.30. The van der Waals surface area contributed by atoms with E-state index in [0.29, 0.717) is 19.2 Å². The minimum Gasteiger partial charge on any atom is -0.389 e. The van der Waals surface area contributed by atoms with Crippen molar-refractivity contribution in [3.63, 3.8) is 0 Å². The van der Waals surface area contributed by atoms with Crippen LogP contribution in [0.1, 0.15) is 45.2 Å². The van der Waals surface area contributed by atoms with Crippen molar-refractivity contribution in [3.8, 4) is 0 Å². The van der Waals surface area contributed by atoms with Gasteiger partial charge in [-0.25, -0.2) is 0 Å². The SMILES string of the molecule is CCC(C)N(Cc1ccc(C)cc1)CC(O)COC(C)C. The average molecular weight is 293 g/mol. The van der Waals surface area contributed by atoms with Crippen molar-refractivity contribution in [1.29, 1.82) is 0 Å². The van der Waals surface area contributed by atoms with E-state index in [1.54, 1.807) is 0 Å². The van der Waals surface area contributed by atoms with Crippen molar-refractivity contribution in [2.24, 2.45) is 0 Å². The largest absolute Gasteiger partial charge is 0.389 e. The van der Waals surface area contributed by atoms with Crippen molar-refractivity contribution in [2.45, 2.75) is 65.8 Å². The lowest BCUT2D eigenvalue weighted by molar-refractivity contribution is -0.0149. The summed E-state index contributed by atoms with van der Waals surface area (Å²) in [4.78, 5) is 2.33. The summed E-state index contributed by atoms with van der Waals surface area (Å²) in [7, 11) is 0. The molecule has 120 valence electrons. The summed E-state index contributed by atoms with van der Waals surface area (Å²) < 4.78 is 5.51. The maximum absolute atomic E-state index is 10.2. The maximum Gasteiger partial charge on any atom is 0.0900 e. The molecule has 0 heterocycles. The zero-order chi connectivity index (χ0) is 15.8. The van der Waals surface area contributed by atoms with E-state index < -0.39 is 6.10 Å². The fourth-order valence-electron chi connectivity index (χ4n) is 2.21. The molecular weight excluding hydrogens is 262 g/mol. The molecule has 0 bridgehead atoms. The van der Waals surface area contributed by atoms with Gasteiger partial charge in [-0.05, 0) is 39.7 Å². The van der Waals surface area contributed by atoms with E-state index in [1.165, 1.54) is 11.1 Å². The molecule has 3 heteroatoms. The van der Waals surface area contributed by atoms with Crippen LogP contribution in [0.15, 0.2) is 24.3 Å². The molecule has 0 aromatic heterocycles. The van der Waals surface area contributed by atoms with Gasteiger partial charge in [0.15, 0.2) is 0 Å².